The zero-order valence-electron chi connectivity index (χ0n) is 17.3. The number of hydrogen-bond acceptors (Lipinski definition) is 4. The number of nitrogens with one attached hydrogen (secondary N) is 1. The molecule has 0 aliphatic heterocycles. The number of H-pyrrole nitrogens is 1. The molecule has 1 N–H and O–H groups in total. The lowest BCUT2D eigenvalue weighted by Crippen LogP contribution is -2.29. The Morgan fingerprint density at radius 3 is 2.29 bits per heavy atom. The molecule has 28 heavy (non-hydrogen) atoms. The normalized spacial score (nSPS) is 11.6. The first-order chi connectivity index (χ1) is 13.4. The molecule has 3 aromatic rings. The van der Waals surface area contributed by atoms with Gasteiger partial charge in [-0.1, -0.05) is 45.4 Å². The van der Waals surface area contributed by atoms with Crippen molar-refractivity contribution in [3.05, 3.63) is 38.3 Å². The largest absolute Gasteiger partial charge is 0.328 e. The summed E-state index contributed by atoms with van der Waals surface area (Å²) in [6, 6.07) is 1.95. The van der Waals surface area contributed by atoms with E-state index >= 15 is 0 Å². The van der Waals surface area contributed by atoms with Crippen molar-refractivity contribution in [2.24, 2.45) is 7.05 Å². The molecule has 0 bridgehead atoms. The Balaban J connectivity index is 1.93. The van der Waals surface area contributed by atoms with Gasteiger partial charge in [-0.15, -0.1) is 5.10 Å². The molecule has 0 atom stereocenters. The molecule has 0 fully saturated rings. The Bertz CT molecular complexity index is 1070. The lowest BCUT2D eigenvalue weighted by Gasteiger charge is -2.04. The Labute approximate surface area is 164 Å². The highest BCUT2D eigenvalue weighted by Crippen LogP contribution is 2.20. The molecule has 0 spiro atoms. The predicted octanol–water partition coefficient (Wildman–Crippen LogP) is 2.98. The maximum Gasteiger partial charge on any atom is 0.328 e. The third-order valence-corrected chi connectivity index (χ3v) is 5.17. The summed E-state index contributed by atoms with van der Waals surface area (Å²) in [7, 11) is 1.65. The van der Waals surface area contributed by atoms with Gasteiger partial charge in [0.25, 0.3) is 5.56 Å². The fourth-order valence-corrected chi connectivity index (χ4v) is 3.68. The molecule has 3 rings (SSSR count). The maximum atomic E-state index is 12.6. The summed E-state index contributed by atoms with van der Waals surface area (Å²) in [5.41, 5.74) is 1.87. The van der Waals surface area contributed by atoms with Gasteiger partial charge in [0, 0.05) is 19.3 Å². The van der Waals surface area contributed by atoms with Gasteiger partial charge in [0.05, 0.1) is 5.69 Å². The van der Waals surface area contributed by atoms with Crippen LogP contribution >= 0.6 is 0 Å². The first-order valence-electron chi connectivity index (χ1n) is 10.2. The third kappa shape index (κ3) is 3.95. The van der Waals surface area contributed by atoms with Gasteiger partial charge in [0.15, 0.2) is 11.3 Å². The van der Waals surface area contributed by atoms with E-state index in [1.807, 2.05) is 19.9 Å². The average Bonchev–Trinajstić information content (AvgIpc) is 3.18. The molecule has 0 unspecified atom stereocenters. The second-order valence-electron chi connectivity index (χ2n) is 7.52. The molecule has 3 aromatic heterocycles. The highest BCUT2D eigenvalue weighted by atomic mass is 16.2. The number of hydrogen-bond donors (Lipinski definition) is 1. The minimum Gasteiger partial charge on any atom is -0.291 e. The quantitative estimate of drug-likeness (QED) is 0.573. The van der Waals surface area contributed by atoms with Crippen LogP contribution in [0.5, 0.6) is 0 Å². The number of fused-ring (bicyclic) bond motifs is 1. The summed E-state index contributed by atoms with van der Waals surface area (Å²) >= 11 is 0. The molecule has 8 nitrogen and oxygen atoms in total. The minimum absolute atomic E-state index is 0.402. The van der Waals surface area contributed by atoms with Gasteiger partial charge in [0.1, 0.15) is 5.52 Å². The first kappa shape index (κ1) is 20.1. The first-order valence-corrected chi connectivity index (χ1v) is 10.2. The Morgan fingerprint density at radius 1 is 0.964 bits per heavy atom. The topological polar surface area (TPSA) is 90.5 Å². The van der Waals surface area contributed by atoms with E-state index in [1.165, 1.54) is 36.7 Å². The molecule has 152 valence electrons. The standard InChI is InChI=1S/C20H30N6O2/c1-5-6-7-8-9-10-11-12-25-17-16(24(4)20(28)21-19(17)27)18(23-25)26-15(3)13-14(2)22-26/h13H,5-12H2,1-4H3,(H,21,27,28). The van der Waals surface area contributed by atoms with E-state index in [9.17, 15) is 9.59 Å². The summed E-state index contributed by atoms with van der Waals surface area (Å²) < 4.78 is 4.87. The Hall–Kier alpha value is -2.64. The monoisotopic (exact) mass is 386 g/mol. The van der Waals surface area contributed by atoms with Gasteiger partial charge >= 0.3 is 5.69 Å². The van der Waals surface area contributed by atoms with Crippen molar-refractivity contribution in [1.82, 2.24) is 29.1 Å². The maximum absolute atomic E-state index is 12.6. The van der Waals surface area contributed by atoms with Crippen LogP contribution in [0, 0.1) is 13.8 Å². The third-order valence-electron chi connectivity index (χ3n) is 5.17. The number of rotatable bonds is 9. The summed E-state index contributed by atoms with van der Waals surface area (Å²) in [6.45, 7) is 6.71. The van der Waals surface area contributed by atoms with Crippen LogP contribution in [0.25, 0.3) is 16.9 Å². The lowest BCUT2D eigenvalue weighted by molar-refractivity contribution is 0.528. The van der Waals surface area contributed by atoms with Gasteiger partial charge in [-0.05, 0) is 26.3 Å². The van der Waals surface area contributed by atoms with E-state index in [-0.39, 0.29) is 0 Å². The van der Waals surface area contributed by atoms with Gasteiger partial charge in [-0.2, -0.15) is 5.10 Å². The van der Waals surface area contributed by atoms with Crippen molar-refractivity contribution >= 4 is 11.0 Å². The van der Waals surface area contributed by atoms with Crippen LogP contribution in [0.4, 0.5) is 0 Å². The minimum atomic E-state index is -0.448. The molecule has 0 saturated heterocycles. The SMILES string of the molecule is CCCCCCCCCn1nc(-n2nc(C)cc2C)c2c1c(=O)[nH]c(=O)n2C. The lowest BCUT2D eigenvalue weighted by atomic mass is 10.1. The molecular formula is C20H30N6O2. The number of aryl methyl sites for hydroxylation is 4. The van der Waals surface area contributed by atoms with Crippen molar-refractivity contribution < 1.29 is 0 Å². The number of nitrogens with zero attached hydrogens (tertiary/aromatic N) is 5. The Morgan fingerprint density at radius 2 is 1.64 bits per heavy atom. The van der Waals surface area contributed by atoms with Gasteiger partial charge < -0.3 is 0 Å². The number of aromatic amines is 1. The van der Waals surface area contributed by atoms with E-state index in [1.54, 1.807) is 16.4 Å². The molecule has 0 aliphatic rings. The van der Waals surface area contributed by atoms with E-state index in [0.717, 1.165) is 24.2 Å². The van der Waals surface area contributed by atoms with Crippen LogP contribution in [0.3, 0.4) is 0 Å². The highest BCUT2D eigenvalue weighted by molar-refractivity contribution is 5.82. The van der Waals surface area contributed by atoms with Crippen molar-refractivity contribution in [2.75, 3.05) is 0 Å². The molecule has 0 saturated carbocycles. The Kier molecular flexibility index (Phi) is 6.16. The van der Waals surface area contributed by atoms with Crippen LogP contribution in [-0.2, 0) is 13.6 Å². The summed E-state index contributed by atoms with van der Waals surface area (Å²) in [4.78, 5) is 27.1. The van der Waals surface area contributed by atoms with Crippen molar-refractivity contribution in [2.45, 2.75) is 72.3 Å². The zero-order valence-corrected chi connectivity index (χ0v) is 17.3. The summed E-state index contributed by atoms with van der Waals surface area (Å²) in [5.74, 6) is 0.522. The van der Waals surface area contributed by atoms with Gasteiger partial charge in [-0.3, -0.25) is 19.0 Å². The van der Waals surface area contributed by atoms with Crippen LogP contribution in [0.1, 0.15) is 63.3 Å². The van der Waals surface area contributed by atoms with Gasteiger partial charge in [0.2, 0.25) is 0 Å². The van der Waals surface area contributed by atoms with Crippen LogP contribution in [0.15, 0.2) is 15.7 Å². The van der Waals surface area contributed by atoms with Crippen LogP contribution < -0.4 is 11.2 Å². The second-order valence-corrected chi connectivity index (χ2v) is 7.52. The fourth-order valence-electron chi connectivity index (χ4n) is 3.68. The molecule has 0 aromatic carbocycles. The molecule has 8 heteroatoms. The van der Waals surface area contributed by atoms with Gasteiger partial charge in [-0.25, -0.2) is 9.48 Å². The highest BCUT2D eigenvalue weighted by Gasteiger charge is 2.20. The molecule has 3 heterocycles. The van der Waals surface area contributed by atoms with E-state index in [2.05, 4.69) is 22.1 Å². The van der Waals surface area contributed by atoms with Crippen LogP contribution in [-0.4, -0.2) is 29.1 Å². The molecular weight excluding hydrogens is 356 g/mol. The second kappa shape index (κ2) is 8.58. The average molecular weight is 387 g/mol. The van der Waals surface area contributed by atoms with Crippen molar-refractivity contribution in [3.63, 3.8) is 0 Å². The van der Waals surface area contributed by atoms with Crippen molar-refractivity contribution in [3.8, 4) is 5.82 Å². The van der Waals surface area contributed by atoms with Crippen molar-refractivity contribution in [1.29, 1.82) is 0 Å². The van der Waals surface area contributed by atoms with E-state index in [0.29, 0.717) is 23.4 Å². The molecule has 0 aliphatic carbocycles. The number of aromatic nitrogens is 6. The van der Waals surface area contributed by atoms with E-state index in [4.69, 9.17) is 0 Å². The zero-order chi connectivity index (χ0) is 20.3. The molecule has 0 amide bonds. The summed E-state index contributed by atoms with van der Waals surface area (Å²) in [6.07, 6.45) is 8.31. The predicted molar refractivity (Wildman–Crippen MR) is 110 cm³/mol. The smallest absolute Gasteiger partial charge is 0.291 e. The number of unbranched alkanes of at least 4 members (excludes halogenated alkanes) is 6. The van der Waals surface area contributed by atoms with Crippen LogP contribution in [0.2, 0.25) is 0 Å². The summed E-state index contributed by atoms with van der Waals surface area (Å²) in [5, 5.41) is 9.18. The van der Waals surface area contributed by atoms with E-state index < -0.39 is 11.2 Å². The fraction of sp³-hybridized carbons (Fsp3) is 0.600. The molecule has 0 radical (unpaired) electrons.